The summed E-state index contributed by atoms with van der Waals surface area (Å²) in [4.78, 5) is 14.9. The van der Waals surface area contributed by atoms with Crippen LogP contribution in [0.25, 0.3) is 0 Å². The van der Waals surface area contributed by atoms with Crippen molar-refractivity contribution < 1.29 is 4.79 Å². The van der Waals surface area contributed by atoms with Crippen molar-refractivity contribution in [2.24, 2.45) is 0 Å². The van der Waals surface area contributed by atoms with E-state index < -0.39 is 0 Å². The molecule has 1 rings (SSSR count). The summed E-state index contributed by atoms with van der Waals surface area (Å²) in [5.41, 5.74) is 1.11. The molecule has 0 saturated heterocycles. The SMILES string of the molecule is CCC(C)N(C)CCNC(=O)c1cc(C)c(Br)s1. The predicted molar refractivity (Wildman–Crippen MR) is 81.5 cm³/mol. The minimum absolute atomic E-state index is 0.0198. The van der Waals surface area contributed by atoms with Gasteiger partial charge < -0.3 is 10.2 Å². The van der Waals surface area contributed by atoms with E-state index in [4.69, 9.17) is 0 Å². The summed E-state index contributed by atoms with van der Waals surface area (Å²) < 4.78 is 1.03. The van der Waals surface area contributed by atoms with Crippen molar-refractivity contribution in [3.63, 3.8) is 0 Å². The van der Waals surface area contributed by atoms with Crippen LogP contribution in [0.4, 0.5) is 0 Å². The molecule has 5 heteroatoms. The van der Waals surface area contributed by atoms with Crippen molar-refractivity contribution in [3.8, 4) is 0 Å². The van der Waals surface area contributed by atoms with Gasteiger partial charge in [0.2, 0.25) is 0 Å². The van der Waals surface area contributed by atoms with Crippen LogP contribution < -0.4 is 5.32 Å². The molecule has 0 spiro atoms. The van der Waals surface area contributed by atoms with Gasteiger partial charge in [-0.05, 0) is 54.9 Å². The highest BCUT2D eigenvalue weighted by Crippen LogP contribution is 2.27. The molecule has 1 heterocycles. The fourth-order valence-electron chi connectivity index (χ4n) is 1.54. The van der Waals surface area contributed by atoms with Crippen molar-refractivity contribution in [1.82, 2.24) is 10.2 Å². The molecular weight excluding hydrogens is 312 g/mol. The summed E-state index contributed by atoms with van der Waals surface area (Å²) in [7, 11) is 2.09. The zero-order chi connectivity index (χ0) is 13.7. The number of amides is 1. The van der Waals surface area contributed by atoms with E-state index in [-0.39, 0.29) is 5.91 Å². The van der Waals surface area contributed by atoms with Crippen molar-refractivity contribution in [2.75, 3.05) is 20.1 Å². The van der Waals surface area contributed by atoms with E-state index in [9.17, 15) is 4.79 Å². The number of likely N-dealkylation sites (N-methyl/N-ethyl adjacent to an activating group) is 1. The van der Waals surface area contributed by atoms with Crippen LogP contribution in [0.15, 0.2) is 9.85 Å². The molecule has 0 aliphatic heterocycles. The summed E-state index contributed by atoms with van der Waals surface area (Å²) in [6, 6.07) is 2.47. The lowest BCUT2D eigenvalue weighted by Crippen LogP contribution is -2.36. The van der Waals surface area contributed by atoms with Crippen LogP contribution in [0.5, 0.6) is 0 Å². The highest BCUT2D eigenvalue weighted by molar-refractivity contribution is 9.11. The topological polar surface area (TPSA) is 32.3 Å². The lowest BCUT2D eigenvalue weighted by atomic mass is 10.2. The van der Waals surface area contributed by atoms with Crippen molar-refractivity contribution in [1.29, 1.82) is 0 Å². The van der Waals surface area contributed by atoms with Gasteiger partial charge in [-0.25, -0.2) is 0 Å². The van der Waals surface area contributed by atoms with Crippen LogP contribution in [-0.4, -0.2) is 37.0 Å². The first kappa shape index (κ1) is 15.7. The molecule has 0 bridgehead atoms. The van der Waals surface area contributed by atoms with Crippen molar-refractivity contribution >= 4 is 33.2 Å². The van der Waals surface area contributed by atoms with Crippen molar-refractivity contribution in [3.05, 3.63) is 20.3 Å². The summed E-state index contributed by atoms with van der Waals surface area (Å²) in [6.45, 7) is 7.93. The van der Waals surface area contributed by atoms with Gasteiger partial charge in [0.25, 0.3) is 5.91 Å². The molecule has 1 amide bonds. The summed E-state index contributed by atoms with van der Waals surface area (Å²) in [5, 5.41) is 2.96. The van der Waals surface area contributed by atoms with Gasteiger partial charge in [-0.2, -0.15) is 0 Å². The van der Waals surface area contributed by atoms with Gasteiger partial charge in [-0.3, -0.25) is 4.79 Å². The van der Waals surface area contributed by atoms with Crippen LogP contribution in [0.2, 0.25) is 0 Å². The molecule has 1 atom stereocenters. The van der Waals surface area contributed by atoms with Crippen LogP contribution in [0, 0.1) is 6.92 Å². The molecular formula is C13H21BrN2OS. The van der Waals surface area contributed by atoms with Crippen LogP contribution in [-0.2, 0) is 0 Å². The number of hydrogen-bond donors (Lipinski definition) is 1. The predicted octanol–water partition coefficient (Wildman–Crippen LogP) is 3.28. The molecule has 102 valence electrons. The third-order valence-corrected chi connectivity index (χ3v) is 5.31. The molecule has 0 fully saturated rings. The van der Waals surface area contributed by atoms with E-state index in [0.29, 0.717) is 12.6 Å². The Morgan fingerprint density at radius 1 is 1.61 bits per heavy atom. The second-order valence-electron chi connectivity index (χ2n) is 4.56. The number of carbonyl (C=O) groups excluding carboxylic acids is 1. The van der Waals surface area contributed by atoms with E-state index in [2.05, 4.69) is 47.0 Å². The monoisotopic (exact) mass is 332 g/mol. The van der Waals surface area contributed by atoms with Gasteiger partial charge in [0, 0.05) is 19.1 Å². The Bertz CT molecular complexity index is 386. The maximum absolute atomic E-state index is 11.9. The normalized spacial score (nSPS) is 12.8. The average molecular weight is 333 g/mol. The number of halogens is 1. The van der Waals surface area contributed by atoms with E-state index >= 15 is 0 Å². The number of nitrogens with zero attached hydrogens (tertiary/aromatic N) is 1. The Morgan fingerprint density at radius 3 is 2.78 bits per heavy atom. The minimum atomic E-state index is 0.0198. The zero-order valence-electron chi connectivity index (χ0n) is 11.4. The Hall–Kier alpha value is -0.390. The first-order valence-corrected chi connectivity index (χ1v) is 7.81. The fourth-order valence-corrected chi connectivity index (χ4v) is 2.99. The van der Waals surface area contributed by atoms with Gasteiger partial charge in [-0.15, -0.1) is 11.3 Å². The maximum atomic E-state index is 11.9. The minimum Gasteiger partial charge on any atom is -0.350 e. The van der Waals surface area contributed by atoms with Crippen LogP contribution in [0.3, 0.4) is 0 Å². The van der Waals surface area contributed by atoms with E-state index in [0.717, 1.165) is 27.2 Å². The molecule has 1 aromatic rings. The largest absolute Gasteiger partial charge is 0.350 e. The van der Waals surface area contributed by atoms with Gasteiger partial charge >= 0.3 is 0 Å². The third-order valence-electron chi connectivity index (χ3n) is 3.17. The van der Waals surface area contributed by atoms with Gasteiger partial charge in [-0.1, -0.05) is 6.92 Å². The van der Waals surface area contributed by atoms with Crippen molar-refractivity contribution in [2.45, 2.75) is 33.2 Å². The molecule has 0 aliphatic rings. The molecule has 0 radical (unpaired) electrons. The van der Waals surface area contributed by atoms with E-state index in [1.54, 1.807) is 0 Å². The highest BCUT2D eigenvalue weighted by Gasteiger charge is 2.11. The smallest absolute Gasteiger partial charge is 0.261 e. The van der Waals surface area contributed by atoms with Crippen LogP contribution in [0.1, 0.15) is 35.5 Å². The van der Waals surface area contributed by atoms with Crippen LogP contribution >= 0.6 is 27.3 Å². The molecule has 3 nitrogen and oxygen atoms in total. The first-order chi connectivity index (χ1) is 8.45. The third kappa shape index (κ3) is 4.37. The Balaban J connectivity index is 2.38. The number of rotatable bonds is 6. The van der Waals surface area contributed by atoms with Gasteiger partial charge in [0.05, 0.1) is 8.66 Å². The second kappa shape index (κ2) is 7.26. The number of aryl methyl sites for hydroxylation is 1. The maximum Gasteiger partial charge on any atom is 0.261 e. The molecule has 1 aromatic heterocycles. The summed E-state index contributed by atoms with van der Waals surface area (Å²) >= 11 is 4.92. The average Bonchev–Trinajstić information content (AvgIpc) is 2.68. The molecule has 1 N–H and O–H groups in total. The standard InChI is InChI=1S/C13H21BrN2OS/c1-5-10(3)16(4)7-6-15-13(17)11-8-9(2)12(14)18-11/h8,10H,5-7H2,1-4H3,(H,15,17). The van der Waals surface area contributed by atoms with E-state index in [1.165, 1.54) is 11.3 Å². The van der Waals surface area contributed by atoms with Gasteiger partial charge in [0.15, 0.2) is 0 Å². The molecule has 0 aliphatic carbocycles. The number of nitrogens with one attached hydrogen (secondary N) is 1. The number of hydrogen-bond acceptors (Lipinski definition) is 3. The fraction of sp³-hybridized carbons (Fsp3) is 0.615. The summed E-state index contributed by atoms with van der Waals surface area (Å²) in [5.74, 6) is 0.0198. The lowest BCUT2D eigenvalue weighted by molar-refractivity contribution is 0.0951. The molecule has 1 unspecified atom stereocenters. The molecule has 18 heavy (non-hydrogen) atoms. The zero-order valence-corrected chi connectivity index (χ0v) is 13.8. The number of carbonyl (C=O) groups is 1. The second-order valence-corrected chi connectivity index (χ2v) is 6.93. The lowest BCUT2D eigenvalue weighted by Gasteiger charge is -2.23. The Labute approximate surface area is 122 Å². The molecule has 0 aromatic carbocycles. The Kier molecular flexibility index (Phi) is 6.32. The van der Waals surface area contributed by atoms with E-state index in [1.807, 2.05) is 13.0 Å². The number of thiophene rings is 1. The first-order valence-electron chi connectivity index (χ1n) is 6.20. The summed E-state index contributed by atoms with van der Waals surface area (Å²) in [6.07, 6.45) is 1.13. The quantitative estimate of drug-likeness (QED) is 0.866. The highest BCUT2D eigenvalue weighted by atomic mass is 79.9. The molecule has 0 saturated carbocycles. The van der Waals surface area contributed by atoms with Gasteiger partial charge in [0.1, 0.15) is 0 Å². The Morgan fingerprint density at radius 2 is 2.28 bits per heavy atom.